The summed E-state index contributed by atoms with van der Waals surface area (Å²) in [4.78, 5) is 26.6. The molecule has 1 unspecified atom stereocenters. The van der Waals surface area contributed by atoms with E-state index in [9.17, 15) is 9.59 Å². The van der Waals surface area contributed by atoms with Crippen LogP contribution in [-0.4, -0.2) is 85.3 Å². The van der Waals surface area contributed by atoms with Gasteiger partial charge in [0.25, 0.3) is 0 Å². The molecule has 2 heterocycles. The Kier molecular flexibility index (Phi) is 5.75. The molecule has 0 saturated carbocycles. The number of hydrogen-bond acceptors (Lipinski definition) is 5. The van der Waals surface area contributed by atoms with Gasteiger partial charge in [-0.15, -0.1) is 0 Å². The van der Waals surface area contributed by atoms with Crippen LogP contribution in [0.4, 0.5) is 0 Å². The van der Waals surface area contributed by atoms with Crippen LogP contribution >= 0.6 is 0 Å². The predicted octanol–water partition coefficient (Wildman–Crippen LogP) is -1.02. The zero-order chi connectivity index (χ0) is 14.4. The lowest BCUT2D eigenvalue weighted by Gasteiger charge is -2.35. The summed E-state index contributed by atoms with van der Waals surface area (Å²) in [5.41, 5.74) is 0. The molecule has 2 aliphatic heterocycles. The van der Waals surface area contributed by atoms with E-state index in [-0.39, 0.29) is 18.4 Å². The maximum absolute atomic E-state index is 12.2. The molecule has 0 radical (unpaired) electrons. The number of amides is 1. The smallest absolute Gasteiger partial charge is 0.304 e. The molecule has 114 valence electrons. The maximum atomic E-state index is 12.2. The third-order valence-corrected chi connectivity index (χ3v) is 3.79. The number of carboxylic acids is 1. The first-order valence-corrected chi connectivity index (χ1v) is 7.18. The summed E-state index contributed by atoms with van der Waals surface area (Å²) in [6.45, 7) is 5.58. The summed E-state index contributed by atoms with van der Waals surface area (Å²) in [5, 5.41) is 11.9. The van der Waals surface area contributed by atoms with Crippen molar-refractivity contribution in [2.24, 2.45) is 0 Å². The second-order valence-electron chi connectivity index (χ2n) is 5.30. The Hall–Kier alpha value is -1.18. The second kappa shape index (κ2) is 7.56. The van der Waals surface area contributed by atoms with Crippen LogP contribution in [0.25, 0.3) is 0 Å². The molecule has 0 aromatic carbocycles. The Morgan fingerprint density at radius 3 is 2.60 bits per heavy atom. The Morgan fingerprint density at radius 1 is 1.25 bits per heavy atom. The van der Waals surface area contributed by atoms with Crippen LogP contribution in [-0.2, 0) is 14.3 Å². The molecule has 0 aromatic rings. The third-order valence-electron chi connectivity index (χ3n) is 3.79. The van der Waals surface area contributed by atoms with Crippen molar-refractivity contribution in [3.05, 3.63) is 0 Å². The van der Waals surface area contributed by atoms with Crippen LogP contribution in [0.1, 0.15) is 12.8 Å². The van der Waals surface area contributed by atoms with Crippen LogP contribution in [0.3, 0.4) is 0 Å². The van der Waals surface area contributed by atoms with Gasteiger partial charge < -0.3 is 20.1 Å². The van der Waals surface area contributed by atoms with E-state index in [1.807, 2.05) is 4.90 Å². The van der Waals surface area contributed by atoms with E-state index in [2.05, 4.69) is 10.2 Å². The molecule has 0 spiro atoms. The summed E-state index contributed by atoms with van der Waals surface area (Å²) in [6, 6.07) is 0.126. The molecule has 20 heavy (non-hydrogen) atoms. The van der Waals surface area contributed by atoms with Crippen LogP contribution in [0, 0.1) is 0 Å². The maximum Gasteiger partial charge on any atom is 0.304 e. The molecule has 2 fully saturated rings. The van der Waals surface area contributed by atoms with Crippen LogP contribution in [0.15, 0.2) is 0 Å². The fourth-order valence-electron chi connectivity index (χ4n) is 2.57. The number of hydrogen-bond donors (Lipinski definition) is 2. The number of carbonyl (C=O) groups excluding carboxylic acids is 1. The van der Waals surface area contributed by atoms with Gasteiger partial charge in [-0.3, -0.25) is 14.5 Å². The fraction of sp³-hybridized carbons (Fsp3) is 0.846. The number of nitrogens with zero attached hydrogens (tertiary/aromatic N) is 2. The topological polar surface area (TPSA) is 82.1 Å². The van der Waals surface area contributed by atoms with E-state index in [0.29, 0.717) is 39.3 Å². The highest BCUT2D eigenvalue weighted by atomic mass is 16.5. The minimum atomic E-state index is -0.771. The highest BCUT2D eigenvalue weighted by Crippen LogP contribution is 2.07. The normalized spacial score (nSPS) is 24.6. The number of carbonyl (C=O) groups is 2. The van der Waals surface area contributed by atoms with Crippen LogP contribution in [0.5, 0.6) is 0 Å². The molecular formula is C13H23N3O4. The number of ether oxygens (including phenoxy) is 1. The summed E-state index contributed by atoms with van der Waals surface area (Å²) in [6.07, 6.45) is 0.645. The van der Waals surface area contributed by atoms with Gasteiger partial charge in [0.1, 0.15) is 0 Å². The monoisotopic (exact) mass is 285 g/mol. The van der Waals surface area contributed by atoms with Gasteiger partial charge in [0.15, 0.2) is 0 Å². The van der Waals surface area contributed by atoms with Crippen molar-refractivity contribution < 1.29 is 19.4 Å². The zero-order valence-corrected chi connectivity index (χ0v) is 11.7. The summed E-state index contributed by atoms with van der Waals surface area (Å²) in [5.74, 6) is -0.613. The van der Waals surface area contributed by atoms with Crippen molar-refractivity contribution >= 4 is 11.9 Å². The molecule has 2 saturated heterocycles. The van der Waals surface area contributed by atoms with E-state index < -0.39 is 5.97 Å². The number of carboxylic acid groups (broad SMARTS) is 1. The fourth-order valence-corrected chi connectivity index (χ4v) is 2.57. The zero-order valence-electron chi connectivity index (χ0n) is 11.7. The Labute approximate surface area is 118 Å². The molecule has 2 rings (SSSR count). The largest absolute Gasteiger partial charge is 0.481 e. The van der Waals surface area contributed by atoms with Gasteiger partial charge in [-0.1, -0.05) is 0 Å². The first kappa shape index (κ1) is 15.2. The van der Waals surface area contributed by atoms with Gasteiger partial charge in [-0.25, -0.2) is 0 Å². The van der Waals surface area contributed by atoms with Gasteiger partial charge in [0, 0.05) is 51.7 Å². The molecule has 2 aliphatic rings. The molecule has 1 atom stereocenters. The summed E-state index contributed by atoms with van der Waals surface area (Å²) < 4.78 is 5.34. The number of piperazine rings is 1. The van der Waals surface area contributed by atoms with Gasteiger partial charge in [0.05, 0.1) is 19.6 Å². The Bertz CT molecular complexity index is 337. The summed E-state index contributed by atoms with van der Waals surface area (Å²) >= 11 is 0. The molecular weight excluding hydrogens is 262 g/mol. The first-order valence-electron chi connectivity index (χ1n) is 7.18. The molecule has 0 bridgehead atoms. The number of rotatable bonds is 5. The van der Waals surface area contributed by atoms with Gasteiger partial charge in [-0.2, -0.15) is 0 Å². The van der Waals surface area contributed by atoms with Crippen molar-refractivity contribution in [2.75, 3.05) is 52.5 Å². The molecule has 7 heteroatoms. The van der Waals surface area contributed by atoms with Gasteiger partial charge >= 0.3 is 5.97 Å². The van der Waals surface area contributed by atoms with Crippen molar-refractivity contribution in [3.63, 3.8) is 0 Å². The van der Waals surface area contributed by atoms with E-state index in [1.165, 1.54) is 0 Å². The van der Waals surface area contributed by atoms with Gasteiger partial charge in [-0.05, 0) is 0 Å². The van der Waals surface area contributed by atoms with E-state index in [1.54, 1.807) is 0 Å². The number of nitrogens with one attached hydrogen (secondary N) is 1. The average molecular weight is 285 g/mol. The number of morpholine rings is 1. The SMILES string of the molecule is O=C(O)CCN1CCN(C(=O)CC2COCCN2)CC1. The standard InChI is InChI=1S/C13H23N3O4/c17-12(9-11-10-20-8-2-14-11)16-6-4-15(5-7-16)3-1-13(18)19/h11,14H,1-10H2,(H,18,19). The van der Waals surface area contributed by atoms with Gasteiger partial charge in [0.2, 0.25) is 5.91 Å². The van der Waals surface area contributed by atoms with E-state index >= 15 is 0 Å². The van der Waals surface area contributed by atoms with Crippen molar-refractivity contribution in [1.29, 1.82) is 0 Å². The lowest BCUT2D eigenvalue weighted by Crippen LogP contribution is -2.51. The average Bonchev–Trinajstić information content (AvgIpc) is 2.46. The second-order valence-corrected chi connectivity index (χ2v) is 5.30. The molecule has 1 amide bonds. The molecule has 0 aliphatic carbocycles. The molecule has 0 aromatic heterocycles. The minimum absolute atomic E-state index is 0.126. The summed E-state index contributed by atoms with van der Waals surface area (Å²) in [7, 11) is 0. The first-order chi connectivity index (χ1) is 9.65. The Morgan fingerprint density at radius 2 is 2.00 bits per heavy atom. The highest BCUT2D eigenvalue weighted by molar-refractivity contribution is 5.77. The molecule has 7 nitrogen and oxygen atoms in total. The molecule has 2 N–H and O–H groups in total. The van der Waals surface area contributed by atoms with Crippen molar-refractivity contribution in [3.8, 4) is 0 Å². The van der Waals surface area contributed by atoms with E-state index in [0.717, 1.165) is 19.6 Å². The van der Waals surface area contributed by atoms with Crippen LogP contribution < -0.4 is 5.32 Å². The quantitative estimate of drug-likeness (QED) is 0.673. The van der Waals surface area contributed by atoms with Crippen LogP contribution in [0.2, 0.25) is 0 Å². The predicted molar refractivity (Wildman–Crippen MR) is 72.5 cm³/mol. The lowest BCUT2D eigenvalue weighted by molar-refractivity contribution is -0.138. The third kappa shape index (κ3) is 4.73. The van der Waals surface area contributed by atoms with E-state index in [4.69, 9.17) is 9.84 Å². The Balaban J connectivity index is 1.67. The minimum Gasteiger partial charge on any atom is -0.481 e. The number of aliphatic carboxylic acids is 1. The van der Waals surface area contributed by atoms with Crippen molar-refractivity contribution in [2.45, 2.75) is 18.9 Å². The lowest BCUT2D eigenvalue weighted by atomic mass is 10.1. The van der Waals surface area contributed by atoms with Crippen molar-refractivity contribution in [1.82, 2.24) is 15.1 Å². The highest BCUT2D eigenvalue weighted by Gasteiger charge is 2.24.